The van der Waals surface area contributed by atoms with Crippen LogP contribution in [0, 0.1) is 5.92 Å². The van der Waals surface area contributed by atoms with E-state index in [9.17, 15) is 4.79 Å². The highest BCUT2D eigenvalue weighted by Crippen LogP contribution is 2.07. The molecule has 0 spiro atoms. The summed E-state index contributed by atoms with van der Waals surface area (Å²) < 4.78 is 1.51. The van der Waals surface area contributed by atoms with Crippen molar-refractivity contribution in [3.8, 4) is 0 Å². The molecule has 0 aliphatic carbocycles. The third-order valence-electron chi connectivity index (χ3n) is 2.78. The molecule has 0 aliphatic rings. The molecule has 0 aromatic carbocycles. The molecule has 0 fully saturated rings. The summed E-state index contributed by atoms with van der Waals surface area (Å²) in [6, 6.07) is 3.69. The highest BCUT2D eigenvalue weighted by molar-refractivity contribution is 7.07. The van der Waals surface area contributed by atoms with Crippen molar-refractivity contribution in [3.05, 3.63) is 45.0 Å². The molecule has 2 rings (SSSR count). The fraction of sp³-hybridized carbons (Fsp3) is 0.429. The van der Waals surface area contributed by atoms with E-state index in [4.69, 9.17) is 0 Å². The Hall–Kier alpha value is -1.62. The van der Waals surface area contributed by atoms with Gasteiger partial charge in [0.05, 0.1) is 11.9 Å². The van der Waals surface area contributed by atoms with Crippen LogP contribution in [0.3, 0.4) is 0 Å². The minimum Gasteiger partial charge on any atom is -0.383 e. The van der Waals surface area contributed by atoms with Gasteiger partial charge in [-0.15, -0.1) is 0 Å². The summed E-state index contributed by atoms with van der Waals surface area (Å²) >= 11 is 1.67. The van der Waals surface area contributed by atoms with Gasteiger partial charge in [0.1, 0.15) is 0 Å². The maximum atomic E-state index is 11.9. The van der Waals surface area contributed by atoms with Gasteiger partial charge in [0.25, 0.3) is 5.56 Å². The molecule has 1 N–H and O–H groups in total. The smallest absolute Gasteiger partial charge is 0.268 e. The molecule has 4 nitrogen and oxygen atoms in total. The second-order valence-corrected chi connectivity index (χ2v) is 5.74. The Labute approximate surface area is 117 Å². The van der Waals surface area contributed by atoms with Gasteiger partial charge in [0.15, 0.2) is 0 Å². The van der Waals surface area contributed by atoms with Crippen LogP contribution in [0.1, 0.15) is 19.4 Å². The van der Waals surface area contributed by atoms with E-state index >= 15 is 0 Å². The minimum atomic E-state index is -0.0519. The quantitative estimate of drug-likeness (QED) is 0.883. The summed E-state index contributed by atoms with van der Waals surface area (Å²) in [5, 5.41) is 11.6. The van der Waals surface area contributed by atoms with Crippen molar-refractivity contribution in [2.75, 3.05) is 11.9 Å². The molecule has 0 atom stereocenters. The molecule has 2 aromatic heterocycles. The Bertz CT molecular complexity index is 560. The number of nitrogens with zero attached hydrogens (tertiary/aromatic N) is 2. The zero-order valence-corrected chi connectivity index (χ0v) is 12.1. The first-order chi connectivity index (χ1) is 9.15. The monoisotopic (exact) mass is 277 g/mol. The minimum absolute atomic E-state index is 0.0519. The van der Waals surface area contributed by atoms with Gasteiger partial charge < -0.3 is 5.32 Å². The molecule has 0 aliphatic heterocycles. The lowest BCUT2D eigenvalue weighted by atomic mass is 10.2. The molecular formula is C14H19N3OS. The third kappa shape index (κ3) is 4.21. The van der Waals surface area contributed by atoms with Crippen LogP contribution in [0.25, 0.3) is 0 Å². The van der Waals surface area contributed by atoms with Gasteiger partial charge in [-0.05, 0) is 34.7 Å². The molecule has 5 heteroatoms. The lowest BCUT2D eigenvalue weighted by Crippen LogP contribution is -2.24. The molecule has 0 amide bonds. The molecule has 19 heavy (non-hydrogen) atoms. The van der Waals surface area contributed by atoms with Gasteiger partial charge >= 0.3 is 0 Å². The zero-order valence-electron chi connectivity index (χ0n) is 11.3. The van der Waals surface area contributed by atoms with Crippen molar-refractivity contribution in [3.63, 3.8) is 0 Å². The van der Waals surface area contributed by atoms with E-state index in [1.807, 2.05) is 5.38 Å². The molecule has 2 aromatic rings. The van der Waals surface area contributed by atoms with E-state index < -0.39 is 0 Å². The van der Waals surface area contributed by atoms with Crippen LogP contribution in [0.5, 0.6) is 0 Å². The van der Waals surface area contributed by atoms with Crippen LogP contribution >= 0.6 is 11.3 Å². The van der Waals surface area contributed by atoms with E-state index in [1.54, 1.807) is 23.6 Å². The van der Waals surface area contributed by atoms with Crippen LogP contribution in [-0.2, 0) is 13.0 Å². The number of rotatable bonds is 6. The lowest BCUT2D eigenvalue weighted by Gasteiger charge is -2.09. The number of aromatic nitrogens is 2. The Morgan fingerprint density at radius 2 is 2.32 bits per heavy atom. The summed E-state index contributed by atoms with van der Waals surface area (Å²) in [6.07, 6.45) is 2.56. The van der Waals surface area contributed by atoms with Crippen LogP contribution < -0.4 is 10.9 Å². The first kappa shape index (κ1) is 13.8. The molecule has 102 valence electrons. The number of nitrogens with one attached hydrogen (secondary N) is 1. The van der Waals surface area contributed by atoms with Crippen molar-refractivity contribution in [1.29, 1.82) is 0 Å². The highest BCUT2D eigenvalue weighted by Gasteiger charge is 2.02. The molecule has 0 bridgehead atoms. The Morgan fingerprint density at radius 3 is 2.95 bits per heavy atom. The largest absolute Gasteiger partial charge is 0.383 e. The average molecular weight is 277 g/mol. The maximum Gasteiger partial charge on any atom is 0.268 e. The van der Waals surface area contributed by atoms with Gasteiger partial charge in [-0.2, -0.15) is 16.4 Å². The summed E-state index contributed by atoms with van der Waals surface area (Å²) in [5.41, 5.74) is 2.00. The Balaban J connectivity index is 1.97. The van der Waals surface area contributed by atoms with Gasteiger partial charge in [0, 0.05) is 19.2 Å². The van der Waals surface area contributed by atoms with Crippen LogP contribution in [0.15, 0.2) is 33.9 Å². The molecular weight excluding hydrogens is 258 g/mol. The molecule has 0 radical (unpaired) electrons. The maximum absolute atomic E-state index is 11.9. The van der Waals surface area contributed by atoms with Crippen molar-refractivity contribution < 1.29 is 0 Å². The Kier molecular flexibility index (Phi) is 4.74. The zero-order chi connectivity index (χ0) is 13.7. The van der Waals surface area contributed by atoms with E-state index in [0.29, 0.717) is 12.5 Å². The van der Waals surface area contributed by atoms with Crippen molar-refractivity contribution in [1.82, 2.24) is 9.78 Å². The SMILES string of the molecule is CC(C)CNc1cnn(CCc2ccsc2)c(=O)c1. The number of hydrogen-bond acceptors (Lipinski definition) is 4. The van der Waals surface area contributed by atoms with Gasteiger partial charge in [0.2, 0.25) is 0 Å². The first-order valence-corrected chi connectivity index (χ1v) is 7.41. The standard InChI is InChI=1S/C14H19N3OS/c1-11(2)8-15-13-7-14(18)17(16-9-13)5-3-12-4-6-19-10-12/h4,6-7,9-11,15H,3,5,8H2,1-2H3. The number of thiophene rings is 1. The fourth-order valence-electron chi connectivity index (χ4n) is 1.69. The summed E-state index contributed by atoms with van der Waals surface area (Å²) in [5.74, 6) is 0.543. The Morgan fingerprint density at radius 1 is 1.47 bits per heavy atom. The van der Waals surface area contributed by atoms with Crippen molar-refractivity contribution in [2.45, 2.75) is 26.8 Å². The fourth-order valence-corrected chi connectivity index (χ4v) is 2.39. The summed E-state index contributed by atoms with van der Waals surface area (Å²) in [7, 11) is 0. The second kappa shape index (κ2) is 6.52. The van der Waals surface area contributed by atoms with Crippen LogP contribution in [0.4, 0.5) is 5.69 Å². The number of anilines is 1. The van der Waals surface area contributed by atoms with Gasteiger partial charge in [-0.25, -0.2) is 4.68 Å². The first-order valence-electron chi connectivity index (χ1n) is 6.47. The average Bonchev–Trinajstić information content (AvgIpc) is 2.88. The topological polar surface area (TPSA) is 46.9 Å². The third-order valence-corrected chi connectivity index (χ3v) is 3.51. The summed E-state index contributed by atoms with van der Waals surface area (Å²) in [6.45, 7) is 5.73. The van der Waals surface area contributed by atoms with Crippen LogP contribution in [0.2, 0.25) is 0 Å². The normalized spacial score (nSPS) is 10.9. The van der Waals surface area contributed by atoms with Gasteiger partial charge in [-0.1, -0.05) is 13.8 Å². The van der Waals surface area contributed by atoms with Crippen molar-refractivity contribution >= 4 is 17.0 Å². The van der Waals surface area contributed by atoms with E-state index in [2.05, 4.69) is 35.7 Å². The number of hydrogen-bond donors (Lipinski definition) is 1. The van der Waals surface area contributed by atoms with Crippen LogP contribution in [-0.4, -0.2) is 16.3 Å². The molecule has 0 saturated carbocycles. The van der Waals surface area contributed by atoms with E-state index in [-0.39, 0.29) is 5.56 Å². The predicted molar refractivity (Wildman–Crippen MR) is 79.8 cm³/mol. The van der Waals surface area contributed by atoms with Crippen molar-refractivity contribution in [2.24, 2.45) is 5.92 Å². The number of aryl methyl sites for hydroxylation is 2. The predicted octanol–water partition coefficient (Wildman–Crippen LogP) is 2.62. The molecule has 0 unspecified atom stereocenters. The van der Waals surface area contributed by atoms with E-state index in [0.717, 1.165) is 18.7 Å². The molecule has 2 heterocycles. The second-order valence-electron chi connectivity index (χ2n) is 4.96. The lowest BCUT2D eigenvalue weighted by molar-refractivity contribution is 0.578. The van der Waals surface area contributed by atoms with Gasteiger partial charge in [-0.3, -0.25) is 4.79 Å². The summed E-state index contributed by atoms with van der Waals surface area (Å²) in [4.78, 5) is 11.9. The molecule has 0 saturated heterocycles. The highest BCUT2D eigenvalue weighted by atomic mass is 32.1. The van der Waals surface area contributed by atoms with E-state index in [1.165, 1.54) is 10.2 Å².